The summed E-state index contributed by atoms with van der Waals surface area (Å²) in [6.07, 6.45) is 3.34. The molecule has 1 N–H and O–H groups in total. The molecule has 1 aromatic carbocycles. The van der Waals surface area contributed by atoms with Crippen molar-refractivity contribution in [2.24, 2.45) is 0 Å². The van der Waals surface area contributed by atoms with Crippen LogP contribution in [0.25, 0.3) is 0 Å². The molecule has 0 saturated carbocycles. The van der Waals surface area contributed by atoms with Gasteiger partial charge < -0.3 is 9.84 Å². The number of hydrogen-bond acceptors (Lipinski definition) is 5. The maximum absolute atomic E-state index is 12.5. The molecule has 0 bridgehead atoms. The van der Waals surface area contributed by atoms with Gasteiger partial charge in [-0.15, -0.1) is 0 Å². The molecular formula is C14H17N3O5S. The van der Waals surface area contributed by atoms with E-state index >= 15 is 0 Å². The molecule has 2 aromatic rings. The quantitative estimate of drug-likeness (QED) is 0.804. The van der Waals surface area contributed by atoms with Crippen LogP contribution in [0, 0.1) is 0 Å². The Balaban J connectivity index is 2.24. The van der Waals surface area contributed by atoms with E-state index in [0.29, 0.717) is 6.54 Å². The number of aromatic carboxylic acids is 1. The van der Waals surface area contributed by atoms with Gasteiger partial charge in [0.15, 0.2) is 0 Å². The van der Waals surface area contributed by atoms with Crippen LogP contribution in [0.5, 0.6) is 5.75 Å². The fourth-order valence-electron chi connectivity index (χ4n) is 1.99. The van der Waals surface area contributed by atoms with Crippen molar-refractivity contribution in [1.82, 2.24) is 14.1 Å². The average molecular weight is 339 g/mol. The van der Waals surface area contributed by atoms with Gasteiger partial charge in [-0.1, -0.05) is 0 Å². The van der Waals surface area contributed by atoms with Gasteiger partial charge >= 0.3 is 5.97 Å². The largest absolute Gasteiger partial charge is 0.496 e. The van der Waals surface area contributed by atoms with Gasteiger partial charge in [-0.3, -0.25) is 4.68 Å². The third-order valence-corrected chi connectivity index (χ3v) is 5.17. The summed E-state index contributed by atoms with van der Waals surface area (Å²) in [6, 6.07) is 5.50. The molecule has 9 heteroatoms. The number of methoxy groups -OCH3 is 1. The van der Waals surface area contributed by atoms with Crippen LogP contribution in [0.3, 0.4) is 0 Å². The summed E-state index contributed by atoms with van der Waals surface area (Å²) in [4.78, 5) is 11.1. The van der Waals surface area contributed by atoms with E-state index in [-0.39, 0.29) is 22.8 Å². The Morgan fingerprint density at radius 3 is 2.74 bits per heavy atom. The van der Waals surface area contributed by atoms with Crippen LogP contribution in [0.1, 0.15) is 10.4 Å². The van der Waals surface area contributed by atoms with E-state index in [0.717, 1.165) is 10.4 Å². The molecule has 0 amide bonds. The second-order valence-electron chi connectivity index (χ2n) is 4.76. The number of rotatable bonds is 7. The third kappa shape index (κ3) is 3.69. The Morgan fingerprint density at radius 1 is 1.43 bits per heavy atom. The van der Waals surface area contributed by atoms with Gasteiger partial charge in [0.25, 0.3) is 0 Å². The van der Waals surface area contributed by atoms with Gasteiger partial charge in [0.1, 0.15) is 11.3 Å². The predicted octanol–water partition coefficient (Wildman–Crippen LogP) is 0.911. The molecule has 0 fully saturated rings. The molecule has 1 aromatic heterocycles. The normalized spacial score (nSPS) is 11.6. The van der Waals surface area contributed by atoms with Crippen LogP contribution in [-0.4, -0.2) is 54.3 Å². The van der Waals surface area contributed by atoms with Gasteiger partial charge in [-0.2, -0.15) is 9.40 Å². The highest BCUT2D eigenvalue weighted by molar-refractivity contribution is 7.89. The van der Waals surface area contributed by atoms with Crippen molar-refractivity contribution in [3.8, 4) is 5.75 Å². The van der Waals surface area contributed by atoms with E-state index in [1.54, 1.807) is 23.1 Å². The zero-order chi connectivity index (χ0) is 17.0. The summed E-state index contributed by atoms with van der Waals surface area (Å²) >= 11 is 0. The standard InChI is InChI=1S/C14H17N3O5S/c1-16(8-9-17-7-3-6-15-17)23(20,21)11-4-5-13(22-2)12(10-11)14(18)19/h3-7,10H,8-9H2,1-2H3,(H,18,19). The molecule has 23 heavy (non-hydrogen) atoms. The summed E-state index contributed by atoms with van der Waals surface area (Å²) in [7, 11) is -1.04. The van der Waals surface area contributed by atoms with E-state index in [4.69, 9.17) is 9.84 Å². The lowest BCUT2D eigenvalue weighted by Crippen LogP contribution is -2.30. The van der Waals surface area contributed by atoms with Crippen molar-refractivity contribution in [2.45, 2.75) is 11.4 Å². The summed E-state index contributed by atoms with van der Waals surface area (Å²) in [5, 5.41) is 13.2. The first-order valence-electron chi connectivity index (χ1n) is 6.71. The maximum Gasteiger partial charge on any atom is 0.339 e. The number of ether oxygens (including phenoxy) is 1. The van der Waals surface area contributed by atoms with E-state index in [9.17, 15) is 13.2 Å². The Hall–Kier alpha value is -2.39. The lowest BCUT2D eigenvalue weighted by Gasteiger charge is -2.18. The Kier molecular flexibility index (Phi) is 5.02. The molecule has 0 spiro atoms. The van der Waals surface area contributed by atoms with Gasteiger partial charge in [-0.25, -0.2) is 13.2 Å². The Morgan fingerprint density at radius 2 is 2.17 bits per heavy atom. The highest BCUT2D eigenvalue weighted by atomic mass is 32.2. The van der Waals surface area contributed by atoms with Crippen molar-refractivity contribution >= 4 is 16.0 Å². The molecule has 0 saturated heterocycles. The van der Waals surface area contributed by atoms with Crippen LogP contribution in [0.2, 0.25) is 0 Å². The van der Waals surface area contributed by atoms with E-state index in [1.807, 2.05) is 0 Å². The van der Waals surface area contributed by atoms with Gasteiger partial charge in [0, 0.05) is 26.0 Å². The predicted molar refractivity (Wildman–Crippen MR) is 82.0 cm³/mol. The molecule has 0 atom stereocenters. The van der Waals surface area contributed by atoms with Crippen molar-refractivity contribution in [3.63, 3.8) is 0 Å². The van der Waals surface area contributed by atoms with Gasteiger partial charge in [-0.05, 0) is 24.3 Å². The van der Waals surface area contributed by atoms with E-state index < -0.39 is 16.0 Å². The van der Waals surface area contributed by atoms with Crippen LogP contribution in [0.15, 0.2) is 41.6 Å². The average Bonchev–Trinajstić information content (AvgIpc) is 3.05. The summed E-state index contributed by atoms with van der Waals surface area (Å²) in [6.45, 7) is 0.600. The van der Waals surface area contributed by atoms with Crippen molar-refractivity contribution in [3.05, 3.63) is 42.2 Å². The number of benzene rings is 1. The van der Waals surface area contributed by atoms with Gasteiger partial charge in [0.2, 0.25) is 10.0 Å². The topological polar surface area (TPSA) is 102 Å². The molecule has 1 heterocycles. The first kappa shape index (κ1) is 17.0. The fourth-order valence-corrected chi connectivity index (χ4v) is 3.18. The van der Waals surface area contributed by atoms with E-state index in [1.165, 1.54) is 26.3 Å². The zero-order valence-electron chi connectivity index (χ0n) is 12.7. The number of nitrogens with zero attached hydrogens (tertiary/aromatic N) is 3. The molecule has 124 valence electrons. The summed E-state index contributed by atoms with van der Waals surface area (Å²) in [5.41, 5.74) is -0.200. The van der Waals surface area contributed by atoms with Crippen molar-refractivity contribution in [2.75, 3.05) is 20.7 Å². The molecule has 0 aliphatic rings. The number of sulfonamides is 1. The molecule has 0 aliphatic carbocycles. The summed E-state index contributed by atoms with van der Waals surface area (Å²) in [5.74, 6) is -1.14. The minimum Gasteiger partial charge on any atom is -0.496 e. The maximum atomic E-state index is 12.5. The van der Waals surface area contributed by atoms with Crippen LogP contribution < -0.4 is 4.74 Å². The fraction of sp³-hybridized carbons (Fsp3) is 0.286. The first-order chi connectivity index (χ1) is 10.9. The number of carboxylic acid groups (broad SMARTS) is 1. The highest BCUT2D eigenvalue weighted by Crippen LogP contribution is 2.24. The SMILES string of the molecule is COc1ccc(S(=O)(=O)N(C)CCn2cccn2)cc1C(=O)O. The lowest BCUT2D eigenvalue weighted by molar-refractivity contribution is 0.0693. The number of likely N-dealkylation sites (N-methyl/N-ethyl adjacent to an activating group) is 1. The first-order valence-corrected chi connectivity index (χ1v) is 8.15. The molecule has 2 rings (SSSR count). The van der Waals surface area contributed by atoms with Crippen LogP contribution in [0.4, 0.5) is 0 Å². The van der Waals surface area contributed by atoms with Crippen molar-refractivity contribution < 1.29 is 23.1 Å². The monoisotopic (exact) mass is 339 g/mol. The minimum atomic E-state index is -3.80. The molecule has 0 radical (unpaired) electrons. The van der Waals surface area contributed by atoms with E-state index in [2.05, 4.69) is 5.10 Å². The second-order valence-corrected chi connectivity index (χ2v) is 6.81. The Bertz CT molecular complexity index is 787. The molecule has 0 unspecified atom stereocenters. The zero-order valence-corrected chi connectivity index (χ0v) is 13.5. The Labute approximate surface area is 134 Å². The van der Waals surface area contributed by atoms with Gasteiger partial charge in [0.05, 0.1) is 18.6 Å². The lowest BCUT2D eigenvalue weighted by atomic mass is 10.2. The minimum absolute atomic E-state index is 0.0985. The number of carbonyl (C=O) groups is 1. The molecule has 8 nitrogen and oxygen atoms in total. The molecular weight excluding hydrogens is 322 g/mol. The number of hydrogen-bond donors (Lipinski definition) is 1. The highest BCUT2D eigenvalue weighted by Gasteiger charge is 2.23. The second kappa shape index (κ2) is 6.80. The third-order valence-electron chi connectivity index (χ3n) is 3.31. The number of aromatic nitrogens is 2. The molecule has 0 aliphatic heterocycles. The number of carboxylic acids is 1. The van der Waals surface area contributed by atoms with Crippen molar-refractivity contribution in [1.29, 1.82) is 0 Å². The summed E-state index contributed by atoms with van der Waals surface area (Å²) < 4.78 is 32.8. The van der Waals surface area contributed by atoms with Crippen LogP contribution >= 0.6 is 0 Å². The van der Waals surface area contributed by atoms with Crippen LogP contribution in [-0.2, 0) is 16.6 Å². The smallest absolute Gasteiger partial charge is 0.339 e.